The van der Waals surface area contributed by atoms with E-state index >= 15 is 0 Å². The second-order valence-corrected chi connectivity index (χ2v) is 7.08. The van der Waals surface area contributed by atoms with Gasteiger partial charge in [-0.1, -0.05) is 18.5 Å². The normalized spacial score (nSPS) is 18.5. The molecule has 2 rings (SSSR count). The molecule has 1 atom stereocenters. The first-order valence-corrected chi connectivity index (χ1v) is 9.07. The maximum atomic E-state index is 13.2. The van der Waals surface area contributed by atoms with Crippen molar-refractivity contribution in [1.29, 1.82) is 0 Å². The second kappa shape index (κ2) is 7.27. The zero-order chi connectivity index (χ0) is 17.0. The zero-order valence-electron chi connectivity index (χ0n) is 12.8. The third-order valence-corrected chi connectivity index (χ3v) is 4.94. The average molecular weight is 361 g/mol. The summed E-state index contributed by atoms with van der Waals surface area (Å²) in [6, 6.07) is 3.22. The molecule has 0 spiro atoms. The zero-order valence-corrected chi connectivity index (χ0v) is 14.4. The van der Waals surface area contributed by atoms with Crippen LogP contribution in [0.3, 0.4) is 0 Å². The Morgan fingerprint density at radius 3 is 2.83 bits per heavy atom. The van der Waals surface area contributed by atoms with Gasteiger partial charge in [-0.2, -0.15) is 5.10 Å². The smallest absolute Gasteiger partial charge is 0.251 e. The van der Waals surface area contributed by atoms with Gasteiger partial charge in [0.15, 0.2) is 0 Å². The molecule has 0 bridgehead atoms. The standard InChI is InChI=1S/C14H18ClFN4O2S/c1-3-10-8-18-20(9-10)14(17-4-2)19-23(21,22)11-5-6-13(16)12(15)7-11/h5-8,10H,3-4,9H2,1-2H3,(H,17,19). The van der Waals surface area contributed by atoms with E-state index in [0.717, 1.165) is 24.6 Å². The minimum Gasteiger partial charge on any atom is -0.251 e. The Balaban J connectivity index is 2.24. The lowest BCUT2D eigenvalue weighted by atomic mass is 10.1. The molecule has 1 heterocycles. The van der Waals surface area contributed by atoms with Crippen molar-refractivity contribution in [2.75, 3.05) is 13.1 Å². The molecule has 1 aliphatic heterocycles. The second-order valence-electron chi connectivity index (χ2n) is 4.99. The topological polar surface area (TPSA) is 74.1 Å². The first-order chi connectivity index (χ1) is 10.9. The molecule has 0 aliphatic carbocycles. The van der Waals surface area contributed by atoms with E-state index in [4.69, 9.17) is 11.6 Å². The molecule has 0 radical (unpaired) electrons. The van der Waals surface area contributed by atoms with E-state index in [1.807, 2.05) is 6.92 Å². The highest BCUT2D eigenvalue weighted by atomic mass is 35.5. The summed E-state index contributed by atoms with van der Waals surface area (Å²) in [7, 11) is -3.93. The predicted octanol–water partition coefficient (Wildman–Crippen LogP) is 2.46. The van der Waals surface area contributed by atoms with Crippen LogP contribution in [0, 0.1) is 11.7 Å². The summed E-state index contributed by atoms with van der Waals surface area (Å²) in [5.41, 5.74) is 0. The molecule has 0 amide bonds. The van der Waals surface area contributed by atoms with Gasteiger partial charge in [-0.3, -0.25) is 4.99 Å². The van der Waals surface area contributed by atoms with Gasteiger partial charge in [0.25, 0.3) is 10.0 Å². The summed E-state index contributed by atoms with van der Waals surface area (Å²) >= 11 is 5.65. The molecule has 1 aromatic rings. The van der Waals surface area contributed by atoms with Gasteiger partial charge >= 0.3 is 0 Å². The van der Waals surface area contributed by atoms with Crippen molar-refractivity contribution in [3.8, 4) is 0 Å². The number of hydrogen-bond donors (Lipinski definition) is 1. The van der Waals surface area contributed by atoms with Gasteiger partial charge in [0.05, 0.1) is 16.5 Å². The average Bonchev–Trinajstić information content (AvgIpc) is 2.98. The van der Waals surface area contributed by atoms with Crippen LogP contribution in [0.1, 0.15) is 20.3 Å². The van der Waals surface area contributed by atoms with Crippen molar-refractivity contribution in [2.45, 2.75) is 25.2 Å². The Bertz CT molecular complexity index is 736. The molecule has 1 N–H and O–H groups in total. The van der Waals surface area contributed by atoms with E-state index in [2.05, 4.69) is 14.8 Å². The van der Waals surface area contributed by atoms with E-state index in [-0.39, 0.29) is 21.8 Å². The van der Waals surface area contributed by atoms with Gasteiger partial charge < -0.3 is 0 Å². The van der Waals surface area contributed by atoms with Crippen molar-refractivity contribution < 1.29 is 12.8 Å². The summed E-state index contributed by atoms with van der Waals surface area (Å²) in [6.07, 6.45) is 2.67. The van der Waals surface area contributed by atoms with Crippen molar-refractivity contribution >= 4 is 33.8 Å². The number of nitrogens with zero attached hydrogens (tertiary/aromatic N) is 3. The maximum absolute atomic E-state index is 13.2. The van der Waals surface area contributed by atoms with Gasteiger partial charge in [0.1, 0.15) is 5.82 Å². The lowest BCUT2D eigenvalue weighted by Crippen LogP contribution is -2.41. The molecule has 0 aromatic heterocycles. The van der Waals surface area contributed by atoms with Gasteiger partial charge in [-0.25, -0.2) is 22.5 Å². The molecule has 126 valence electrons. The summed E-state index contributed by atoms with van der Waals surface area (Å²) < 4.78 is 40.5. The molecule has 6 nitrogen and oxygen atoms in total. The number of hydrogen-bond acceptors (Lipinski definition) is 4. The highest BCUT2D eigenvalue weighted by molar-refractivity contribution is 7.90. The Kier molecular flexibility index (Phi) is 5.59. The summed E-state index contributed by atoms with van der Waals surface area (Å²) in [4.78, 5) is 4.02. The summed E-state index contributed by atoms with van der Waals surface area (Å²) in [5.74, 6) is -0.287. The Morgan fingerprint density at radius 1 is 1.52 bits per heavy atom. The quantitative estimate of drug-likeness (QED) is 0.662. The summed E-state index contributed by atoms with van der Waals surface area (Å²) in [5, 5.41) is 5.44. The van der Waals surface area contributed by atoms with Crippen LogP contribution in [0.4, 0.5) is 4.39 Å². The molecular formula is C14H18ClFN4O2S. The van der Waals surface area contributed by atoms with Crippen molar-refractivity contribution in [1.82, 2.24) is 9.73 Å². The molecule has 1 aromatic carbocycles. The molecule has 1 aliphatic rings. The van der Waals surface area contributed by atoms with Crippen LogP contribution in [0.25, 0.3) is 0 Å². The van der Waals surface area contributed by atoms with Crippen LogP contribution in [0.5, 0.6) is 0 Å². The molecule has 23 heavy (non-hydrogen) atoms. The van der Waals surface area contributed by atoms with Crippen LogP contribution in [-0.4, -0.2) is 38.7 Å². The lowest BCUT2D eigenvalue weighted by Gasteiger charge is -2.19. The maximum Gasteiger partial charge on any atom is 0.264 e. The fraction of sp³-hybridized carbons (Fsp3) is 0.429. The molecule has 1 unspecified atom stereocenters. The van der Waals surface area contributed by atoms with Crippen LogP contribution in [-0.2, 0) is 10.0 Å². The third kappa shape index (κ3) is 4.20. The molecule has 9 heteroatoms. The molecular weight excluding hydrogens is 343 g/mol. The molecule has 0 saturated heterocycles. The van der Waals surface area contributed by atoms with E-state index in [0.29, 0.717) is 13.1 Å². The number of sulfonamides is 1. The first kappa shape index (κ1) is 17.7. The van der Waals surface area contributed by atoms with Crippen LogP contribution >= 0.6 is 11.6 Å². The fourth-order valence-corrected chi connectivity index (χ4v) is 3.30. The Morgan fingerprint density at radius 2 is 2.26 bits per heavy atom. The Hall–Kier alpha value is -1.67. The fourth-order valence-electron chi connectivity index (χ4n) is 2.01. The third-order valence-electron chi connectivity index (χ3n) is 3.33. The molecule has 0 fully saturated rings. The minimum atomic E-state index is -3.93. The monoisotopic (exact) mass is 360 g/mol. The Labute approximate surface area is 140 Å². The number of aliphatic imine (C=N–C) groups is 1. The predicted molar refractivity (Wildman–Crippen MR) is 88.7 cm³/mol. The van der Waals surface area contributed by atoms with Crippen molar-refractivity contribution in [3.05, 3.63) is 29.0 Å². The van der Waals surface area contributed by atoms with Crippen LogP contribution in [0.15, 0.2) is 33.2 Å². The van der Waals surface area contributed by atoms with Gasteiger partial charge in [-0.05, 0) is 31.5 Å². The van der Waals surface area contributed by atoms with E-state index in [1.54, 1.807) is 13.1 Å². The minimum absolute atomic E-state index is 0.136. The summed E-state index contributed by atoms with van der Waals surface area (Å²) in [6.45, 7) is 4.77. The van der Waals surface area contributed by atoms with E-state index in [1.165, 1.54) is 5.01 Å². The number of halogens is 2. The molecule has 0 saturated carbocycles. The van der Waals surface area contributed by atoms with Gasteiger partial charge in [-0.15, -0.1) is 0 Å². The van der Waals surface area contributed by atoms with E-state index < -0.39 is 15.8 Å². The highest BCUT2D eigenvalue weighted by Crippen LogP contribution is 2.20. The lowest BCUT2D eigenvalue weighted by molar-refractivity contribution is 0.429. The highest BCUT2D eigenvalue weighted by Gasteiger charge is 2.25. The van der Waals surface area contributed by atoms with E-state index in [9.17, 15) is 12.8 Å². The van der Waals surface area contributed by atoms with Gasteiger partial charge in [0.2, 0.25) is 5.96 Å². The largest absolute Gasteiger partial charge is 0.264 e. The van der Waals surface area contributed by atoms with Gasteiger partial charge in [0, 0.05) is 18.7 Å². The SMILES string of the molecule is CCN=C(NS(=O)(=O)c1ccc(F)c(Cl)c1)N1CC(CC)C=N1. The van der Waals surface area contributed by atoms with Crippen LogP contribution < -0.4 is 4.72 Å². The number of hydrazone groups is 1. The number of guanidine groups is 1. The number of rotatable bonds is 4. The van der Waals surface area contributed by atoms with Crippen molar-refractivity contribution in [2.24, 2.45) is 16.0 Å². The van der Waals surface area contributed by atoms with Crippen molar-refractivity contribution in [3.63, 3.8) is 0 Å². The first-order valence-electron chi connectivity index (χ1n) is 7.21. The van der Waals surface area contributed by atoms with Crippen LogP contribution in [0.2, 0.25) is 5.02 Å². The number of benzene rings is 1. The number of nitrogens with one attached hydrogen (secondary N) is 1.